The van der Waals surface area contributed by atoms with Crippen molar-refractivity contribution in [1.29, 1.82) is 0 Å². The second kappa shape index (κ2) is 6.24. The minimum atomic E-state index is -0.260. The topological polar surface area (TPSA) is 67.2 Å². The molecule has 0 atom stereocenters. The molecule has 0 saturated heterocycles. The molecular formula is C13H14ClN3O2. The third kappa shape index (κ3) is 3.48. The van der Waals surface area contributed by atoms with E-state index in [-0.39, 0.29) is 5.91 Å². The summed E-state index contributed by atoms with van der Waals surface area (Å²) < 4.78 is 4.66. The van der Waals surface area contributed by atoms with Gasteiger partial charge in [-0.25, -0.2) is 0 Å². The summed E-state index contributed by atoms with van der Waals surface area (Å²) >= 11 is 5.94. The molecule has 2 aromatic rings. The van der Waals surface area contributed by atoms with Gasteiger partial charge in [-0.1, -0.05) is 23.7 Å². The first-order valence-corrected chi connectivity index (χ1v) is 6.32. The molecule has 6 heteroatoms. The Morgan fingerprint density at radius 1 is 1.47 bits per heavy atom. The van der Waals surface area contributed by atoms with Crippen molar-refractivity contribution in [2.75, 3.05) is 17.2 Å². The highest BCUT2D eigenvalue weighted by Crippen LogP contribution is 2.22. The fraction of sp³-hybridized carbons (Fsp3) is 0.231. The van der Waals surface area contributed by atoms with E-state index >= 15 is 0 Å². The van der Waals surface area contributed by atoms with E-state index in [4.69, 9.17) is 11.6 Å². The van der Waals surface area contributed by atoms with Crippen molar-refractivity contribution in [2.45, 2.75) is 13.3 Å². The number of carbonyl (C=O) groups excluding carboxylic acids is 1. The van der Waals surface area contributed by atoms with Gasteiger partial charge in [0.2, 0.25) is 0 Å². The number of rotatable bonds is 5. The largest absolute Gasteiger partial charge is 0.384 e. The van der Waals surface area contributed by atoms with Crippen molar-refractivity contribution >= 4 is 28.9 Å². The number of nitrogens with one attached hydrogen (secondary N) is 2. The highest BCUT2D eigenvalue weighted by molar-refractivity contribution is 6.31. The first-order chi connectivity index (χ1) is 9.20. The number of hydrogen-bond donors (Lipinski definition) is 2. The molecule has 1 aromatic carbocycles. The highest BCUT2D eigenvalue weighted by atomic mass is 35.5. The lowest BCUT2D eigenvalue weighted by Crippen LogP contribution is -2.14. The molecule has 2 rings (SSSR count). The van der Waals surface area contributed by atoms with Crippen LogP contribution >= 0.6 is 11.6 Å². The molecule has 1 heterocycles. The Morgan fingerprint density at radius 3 is 3.00 bits per heavy atom. The number of halogens is 1. The molecule has 0 aliphatic rings. The zero-order valence-corrected chi connectivity index (χ0v) is 11.2. The predicted octanol–water partition coefficient (Wildman–Crippen LogP) is 3.40. The second-order valence-electron chi connectivity index (χ2n) is 3.98. The smallest absolute Gasteiger partial charge is 0.257 e. The molecule has 0 spiro atoms. The summed E-state index contributed by atoms with van der Waals surface area (Å²) in [5, 5.41) is 9.92. The van der Waals surface area contributed by atoms with E-state index < -0.39 is 0 Å². The zero-order valence-electron chi connectivity index (χ0n) is 10.4. The van der Waals surface area contributed by atoms with Gasteiger partial charge in [0.1, 0.15) is 12.0 Å². The van der Waals surface area contributed by atoms with Gasteiger partial charge in [0.15, 0.2) is 0 Å². The van der Waals surface area contributed by atoms with Crippen LogP contribution in [-0.2, 0) is 0 Å². The number of aromatic nitrogens is 1. The minimum absolute atomic E-state index is 0.260. The van der Waals surface area contributed by atoms with Crippen LogP contribution in [-0.4, -0.2) is 17.6 Å². The molecule has 0 saturated carbocycles. The molecule has 0 fully saturated rings. The van der Waals surface area contributed by atoms with Crippen LogP contribution in [0.3, 0.4) is 0 Å². The number of carbonyl (C=O) groups is 1. The van der Waals surface area contributed by atoms with Crippen molar-refractivity contribution in [3.8, 4) is 0 Å². The van der Waals surface area contributed by atoms with E-state index in [2.05, 4.69) is 27.2 Å². The van der Waals surface area contributed by atoms with Crippen molar-refractivity contribution in [3.05, 3.63) is 41.2 Å². The lowest BCUT2D eigenvalue weighted by atomic mass is 10.1. The third-order valence-electron chi connectivity index (χ3n) is 2.48. The average molecular weight is 280 g/mol. The zero-order chi connectivity index (χ0) is 13.7. The minimum Gasteiger partial charge on any atom is -0.384 e. The fourth-order valence-corrected chi connectivity index (χ4v) is 1.76. The molecule has 0 unspecified atom stereocenters. The van der Waals surface area contributed by atoms with Gasteiger partial charge in [-0.15, -0.1) is 0 Å². The lowest BCUT2D eigenvalue weighted by molar-refractivity contribution is 0.102. The summed E-state index contributed by atoms with van der Waals surface area (Å²) in [6, 6.07) is 5.17. The summed E-state index contributed by atoms with van der Waals surface area (Å²) in [5.41, 5.74) is 1.74. The fourth-order valence-electron chi connectivity index (χ4n) is 1.58. The van der Waals surface area contributed by atoms with E-state index in [9.17, 15) is 4.79 Å². The summed E-state index contributed by atoms with van der Waals surface area (Å²) in [7, 11) is 0. The summed E-state index contributed by atoms with van der Waals surface area (Å²) in [6.45, 7) is 2.84. The van der Waals surface area contributed by atoms with Crippen LogP contribution in [0.15, 0.2) is 35.2 Å². The van der Waals surface area contributed by atoms with E-state index in [1.54, 1.807) is 18.2 Å². The lowest BCUT2D eigenvalue weighted by Gasteiger charge is -2.11. The van der Waals surface area contributed by atoms with Gasteiger partial charge < -0.3 is 15.2 Å². The predicted molar refractivity (Wildman–Crippen MR) is 74.7 cm³/mol. The SMILES string of the molecule is CCCNc1ccc(Cl)cc1C(=O)Nc1cnoc1. The van der Waals surface area contributed by atoms with Gasteiger partial charge in [-0.3, -0.25) is 4.79 Å². The van der Waals surface area contributed by atoms with Crippen LogP contribution < -0.4 is 10.6 Å². The molecule has 19 heavy (non-hydrogen) atoms. The normalized spacial score (nSPS) is 10.2. The number of hydrogen-bond acceptors (Lipinski definition) is 4. The van der Waals surface area contributed by atoms with Crippen molar-refractivity contribution in [3.63, 3.8) is 0 Å². The van der Waals surface area contributed by atoms with Gasteiger partial charge in [0, 0.05) is 17.3 Å². The Bertz CT molecular complexity index is 555. The summed E-state index contributed by atoms with van der Waals surface area (Å²) in [6.07, 6.45) is 3.76. The second-order valence-corrected chi connectivity index (χ2v) is 4.42. The first-order valence-electron chi connectivity index (χ1n) is 5.95. The van der Waals surface area contributed by atoms with Crippen LogP contribution in [0.1, 0.15) is 23.7 Å². The van der Waals surface area contributed by atoms with E-state index in [1.165, 1.54) is 12.5 Å². The molecule has 5 nitrogen and oxygen atoms in total. The number of nitrogens with zero attached hydrogens (tertiary/aromatic N) is 1. The van der Waals surface area contributed by atoms with E-state index in [0.717, 1.165) is 18.7 Å². The molecule has 1 aromatic heterocycles. The molecule has 100 valence electrons. The standard InChI is InChI=1S/C13H14ClN3O2/c1-2-5-15-12-4-3-9(14)6-11(12)13(18)17-10-7-16-19-8-10/h3-4,6-8,15H,2,5H2,1H3,(H,17,18). The van der Waals surface area contributed by atoms with Crippen LogP contribution in [0.4, 0.5) is 11.4 Å². The van der Waals surface area contributed by atoms with Crippen LogP contribution in [0.5, 0.6) is 0 Å². The number of anilines is 2. The van der Waals surface area contributed by atoms with Gasteiger partial charge in [0.05, 0.1) is 11.8 Å². The maximum atomic E-state index is 12.2. The molecule has 0 aliphatic heterocycles. The first kappa shape index (κ1) is 13.4. The van der Waals surface area contributed by atoms with E-state index in [1.807, 2.05) is 0 Å². The molecular weight excluding hydrogens is 266 g/mol. The Kier molecular flexibility index (Phi) is 4.41. The van der Waals surface area contributed by atoms with Gasteiger partial charge >= 0.3 is 0 Å². The van der Waals surface area contributed by atoms with Gasteiger partial charge in [-0.05, 0) is 24.6 Å². The third-order valence-corrected chi connectivity index (χ3v) is 2.72. The molecule has 0 aliphatic carbocycles. The number of amides is 1. The Balaban J connectivity index is 2.21. The molecule has 0 radical (unpaired) electrons. The van der Waals surface area contributed by atoms with Crippen LogP contribution in [0.2, 0.25) is 5.02 Å². The Morgan fingerprint density at radius 2 is 2.32 bits per heavy atom. The quantitative estimate of drug-likeness (QED) is 0.880. The van der Waals surface area contributed by atoms with Gasteiger partial charge in [-0.2, -0.15) is 0 Å². The van der Waals surface area contributed by atoms with Crippen molar-refractivity contribution < 1.29 is 9.32 Å². The van der Waals surface area contributed by atoms with Crippen LogP contribution in [0.25, 0.3) is 0 Å². The Hall–Kier alpha value is -2.01. The average Bonchev–Trinajstić information content (AvgIpc) is 2.90. The van der Waals surface area contributed by atoms with Gasteiger partial charge in [0.25, 0.3) is 5.91 Å². The molecule has 0 bridgehead atoms. The Labute approximate surface area is 115 Å². The number of benzene rings is 1. The monoisotopic (exact) mass is 279 g/mol. The summed E-state index contributed by atoms with van der Waals surface area (Å²) in [5.74, 6) is -0.260. The van der Waals surface area contributed by atoms with Crippen LogP contribution in [0, 0.1) is 0 Å². The maximum Gasteiger partial charge on any atom is 0.257 e. The summed E-state index contributed by atoms with van der Waals surface area (Å²) in [4.78, 5) is 12.2. The highest BCUT2D eigenvalue weighted by Gasteiger charge is 2.13. The molecule has 2 N–H and O–H groups in total. The molecule has 1 amide bonds. The van der Waals surface area contributed by atoms with Crippen molar-refractivity contribution in [2.24, 2.45) is 0 Å². The maximum absolute atomic E-state index is 12.2. The van der Waals surface area contributed by atoms with E-state index in [0.29, 0.717) is 16.3 Å². The van der Waals surface area contributed by atoms with Crippen molar-refractivity contribution in [1.82, 2.24) is 5.16 Å².